The Morgan fingerprint density at radius 2 is 1.94 bits per heavy atom. The van der Waals surface area contributed by atoms with Crippen molar-refractivity contribution in [1.82, 2.24) is 14.3 Å². The fourth-order valence-electron chi connectivity index (χ4n) is 1.56. The van der Waals surface area contributed by atoms with E-state index in [2.05, 4.69) is 4.98 Å². The van der Waals surface area contributed by atoms with Crippen LogP contribution in [0, 0.1) is 0 Å². The van der Waals surface area contributed by atoms with E-state index >= 15 is 0 Å². The minimum Gasteiger partial charge on any atom is -0.256 e. The van der Waals surface area contributed by atoms with Crippen LogP contribution in [-0.2, 0) is 6.54 Å². The molecule has 2 rings (SSSR count). The molecule has 0 aliphatic heterocycles. The van der Waals surface area contributed by atoms with Crippen LogP contribution in [0.15, 0.2) is 33.9 Å². The maximum atomic E-state index is 11.6. The van der Waals surface area contributed by atoms with Crippen molar-refractivity contribution in [2.45, 2.75) is 13.5 Å². The highest BCUT2D eigenvalue weighted by Gasteiger charge is 2.11. The van der Waals surface area contributed by atoms with E-state index < -0.39 is 11.4 Å². The fourth-order valence-corrected chi connectivity index (χ4v) is 1.77. The third-order valence-electron chi connectivity index (χ3n) is 2.26. The van der Waals surface area contributed by atoms with Gasteiger partial charge in [0.15, 0.2) is 0 Å². The zero-order chi connectivity index (χ0) is 11.7. The normalized spacial score (nSPS) is 10.6. The monoisotopic (exact) mass is 239 g/mol. The van der Waals surface area contributed by atoms with Crippen LogP contribution in [0.25, 0.3) is 5.69 Å². The van der Waals surface area contributed by atoms with Crippen molar-refractivity contribution < 1.29 is 0 Å². The summed E-state index contributed by atoms with van der Waals surface area (Å²) in [5.41, 5.74) is -0.429. The highest BCUT2D eigenvalue weighted by Crippen LogP contribution is 2.17. The molecule has 2 aromatic rings. The highest BCUT2D eigenvalue weighted by molar-refractivity contribution is 6.32. The zero-order valence-corrected chi connectivity index (χ0v) is 9.36. The number of nitrogens with zero attached hydrogens (tertiary/aromatic N) is 2. The van der Waals surface area contributed by atoms with Crippen molar-refractivity contribution in [2.75, 3.05) is 0 Å². The lowest BCUT2D eigenvalue weighted by Crippen LogP contribution is -2.24. The summed E-state index contributed by atoms with van der Waals surface area (Å²) in [4.78, 5) is 25.2. The molecule has 0 bridgehead atoms. The number of benzene rings is 1. The molecule has 1 aromatic carbocycles. The topological polar surface area (TPSA) is 59.8 Å². The van der Waals surface area contributed by atoms with Gasteiger partial charge in [-0.25, -0.2) is 14.3 Å². The molecule has 0 aliphatic rings. The van der Waals surface area contributed by atoms with Crippen LogP contribution in [-0.4, -0.2) is 14.3 Å². The number of aromatic amines is 1. The van der Waals surface area contributed by atoms with E-state index in [0.717, 1.165) is 0 Å². The van der Waals surface area contributed by atoms with E-state index in [-0.39, 0.29) is 0 Å². The number of halogens is 1. The van der Waals surface area contributed by atoms with E-state index in [0.29, 0.717) is 17.3 Å². The maximum absolute atomic E-state index is 11.6. The molecule has 0 spiro atoms. The summed E-state index contributed by atoms with van der Waals surface area (Å²) < 4.78 is 2.54. The molecule has 84 valence electrons. The van der Waals surface area contributed by atoms with Crippen molar-refractivity contribution in [3.05, 3.63) is 50.3 Å². The molecule has 1 heterocycles. The molecule has 5 nitrogen and oxygen atoms in total. The molecule has 16 heavy (non-hydrogen) atoms. The molecule has 0 saturated heterocycles. The Kier molecular flexibility index (Phi) is 2.70. The van der Waals surface area contributed by atoms with Crippen LogP contribution in [0.2, 0.25) is 5.02 Å². The molecule has 6 heteroatoms. The van der Waals surface area contributed by atoms with Crippen molar-refractivity contribution in [2.24, 2.45) is 0 Å². The van der Waals surface area contributed by atoms with Gasteiger partial charge in [0.1, 0.15) is 0 Å². The Balaban J connectivity index is 2.79. The molecule has 0 unspecified atom stereocenters. The Bertz CT molecular complexity index is 623. The van der Waals surface area contributed by atoms with Crippen LogP contribution >= 0.6 is 11.6 Å². The summed E-state index contributed by atoms with van der Waals surface area (Å²) in [7, 11) is 0. The first-order valence-corrected chi connectivity index (χ1v) is 5.20. The van der Waals surface area contributed by atoms with Gasteiger partial charge >= 0.3 is 11.4 Å². The molecular formula is C10H10ClN3O2. The molecule has 0 amide bonds. The molecule has 0 radical (unpaired) electrons. The summed E-state index contributed by atoms with van der Waals surface area (Å²) in [6, 6.07) is 6.87. The smallest absolute Gasteiger partial charge is 0.256 e. The van der Waals surface area contributed by atoms with Gasteiger partial charge in [0.2, 0.25) is 0 Å². The third-order valence-corrected chi connectivity index (χ3v) is 2.58. The fraction of sp³-hybridized carbons (Fsp3) is 0.200. The first kappa shape index (κ1) is 10.8. The number of hydrogen-bond acceptors (Lipinski definition) is 2. The van der Waals surface area contributed by atoms with Gasteiger partial charge in [-0.3, -0.25) is 4.98 Å². The number of H-pyrrole nitrogens is 1. The second-order valence-electron chi connectivity index (χ2n) is 3.21. The lowest BCUT2D eigenvalue weighted by molar-refractivity contribution is 0.557. The van der Waals surface area contributed by atoms with Gasteiger partial charge in [0.05, 0.1) is 10.7 Å². The van der Waals surface area contributed by atoms with E-state index in [4.69, 9.17) is 11.6 Å². The molecule has 1 N–H and O–H groups in total. The van der Waals surface area contributed by atoms with Crippen LogP contribution in [0.3, 0.4) is 0 Å². The molecule has 0 atom stereocenters. The lowest BCUT2D eigenvalue weighted by atomic mass is 10.3. The molecule has 1 aromatic heterocycles. The van der Waals surface area contributed by atoms with Crippen LogP contribution < -0.4 is 11.4 Å². The average Bonchev–Trinajstić information content (AvgIpc) is 2.54. The Hall–Kier alpha value is -1.75. The highest BCUT2D eigenvalue weighted by atomic mass is 35.5. The quantitative estimate of drug-likeness (QED) is 0.850. The predicted octanol–water partition coefficient (Wildman–Crippen LogP) is 1.00. The van der Waals surface area contributed by atoms with E-state index in [1.54, 1.807) is 31.2 Å². The number of hydrogen-bond donors (Lipinski definition) is 1. The van der Waals surface area contributed by atoms with Crippen LogP contribution in [0.1, 0.15) is 6.92 Å². The van der Waals surface area contributed by atoms with Crippen molar-refractivity contribution >= 4 is 11.6 Å². The number of nitrogens with one attached hydrogen (secondary N) is 1. The van der Waals surface area contributed by atoms with Crippen LogP contribution in [0.4, 0.5) is 0 Å². The summed E-state index contributed by atoms with van der Waals surface area (Å²) in [5, 5.41) is 0.422. The SMILES string of the molecule is CCn1c(=O)[nH]c(=O)n1-c1ccccc1Cl. The van der Waals surface area contributed by atoms with Gasteiger partial charge in [0.25, 0.3) is 0 Å². The Morgan fingerprint density at radius 1 is 1.25 bits per heavy atom. The predicted molar refractivity (Wildman–Crippen MR) is 61.3 cm³/mol. The first-order chi connectivity index (χ1) is 7.65. The Labute approximate surface area is 95.9 Å². The molecule has 0 fully saturated rings. The third kappa shape index (κ3) is 1.59. The summed E-state index contributed by atoms with van der Waals surface area (Å²) in [6.45, 7) is 2.17. The lowest BCUT2D eigenvalue weighted by Gasteiger charge is -2.08. The molecule has 0 aliphatic carbocycles. The standard InChI is InChI=1S/C10H10ClN3O2/c1-2-13-9(15)12-10(16)14(13)8-6-4-3-5-7(8)11/h3-6H,2H2,1H3,(H,12,15,16). The van der Waals surface area contributed by atoms with Crippen molar-refractivity contribution in [3.8, 4) is 5.69 Å². The van der Waals surface area contributed by atoms with Gasteiger partial charge < -0.3 is 0 Å². The van der Waals surface area contributed by atoms with E-state index in [1.807, 2.05) is 0 Å². The van der Waals surface area contributed by atoms with Gasteiger partial charge in [-0.05, 0) is 19.1 Å². The molecular weight excluding hydrogens is 230 g/mol. The van der Waals surface area contributed by atoms with Gasteiger partial charge in [-0.15, -0.1) is 0 Å². The largest absolute Gasteiger partial charge is 0.349 e. The second-order valence-corrected chi connectivity index (χ2v) is 3.62. The van der Waals surface area contributed by atoms with Gasteiger partial charge in [-0.2, -0.15) is 4.68 Å². The molecule has 0 saturated carbocycles. The van der Waals surface area contributed by atoms with Crippen molar-refractivity contribution in [3.63, 3.8) is 0 Å². The van der Waals surface area contributed by atoms with Crippen molar-refractivity contribution in [1.29, 1.82) is 0 Å². The summed E-state index contributed by atoms with van der Waals surface area (Å²) >= 11 is 5.98. The second kappa shape index (κ2) is 4.02. The summed E-state index contributed by atoms with van der Waals surface area (Å²) in [6.07, 6.45) is 0. The van der Waals surface area contributed by atoms with Gasteiger partial charge in [0, 0.05) is 6.54 Å². The Morgan fingerprint density at radius 3 is 2.56 bits per heavy atom. The van der Waals surface area contributed by atoms with Gasteiger partial charge in [-0.1, -0.05) is 23.7 Å². The minimum atomic E-state index is -0.486. The van der Waals surface area contributed by atoms with Crippen LogP contribution in [0.5, 0.6) is 0 Å². The number of aromatic nitrogens is 3. The number of para-hydroxylation sites is 1. The van der Waals surface area contributed by atoms with E-state index in [9.17, 15) is 9.59 Å². The minimum absolute atomic E-state index is 0.392. The maximum Gasteiger partial charge on any atom is 0.349 e. The van der Waals surface area contributed by atoms with E-state index in [1.165, 1.54) is 9.36 Å². The first-order valence-electron chi connectivity index (χ1n) is 4.82. The summed E-state index contributed by atoms with van der Waals surface area (Å²) in [5.74, 6) is 0. The zero-order valence-electron chi connectivity index (χ0n) is 8.61. The number of rotatable bonds is 2. The average molecular weight is 240 g/mol.